The Hall–Kier alpha value is -3.16. The lowest BCUT2D eigenvalue weighted by Gasteiger charge is -2.10. The summed E-state index contributed by atoms with van der Waals surface area (Å²) in [5.41, 5.74) is 4.10. The number of carboxylic acids is 1. The molecule has 0 radical (unpaired) electrons. The Labute approximate surface area is 136 Å². The van der Waals surface area contributed by atoms with Gasteiger partial charge >= 0.3 is 12.6 Å². The van der Waals surface area contributed by atoms with Crippen molar-refractivity contribution in [1.29, 1.82) is 0 Å². The number of hydrogen-bond acceptors (Lipinski definition) is 5. The maximum Gasteiger partial charge on any atom is 0.387 e. The minimum absolute atomic E-state index is 0.0677. The molecule has 2 aromatic rings. The highest BCUT2D eigenvalue weighted by Crippen LogP contribution is 2.28. The predicted molar refractivity (Wildman–Crippen MR) is 84.2 cm³/mol. The van der Waals surface area contributed by atoms with E-state index in [2.05, 4.69) is 15.3 Å². The number of aromatic carboxylic acids is 1. The Morgan fingerprint density at radius 1 is 1.21 bits per heavy atom. The first-order valence-corrected chi connectivity index (χ1v) is 6.75. The zero-order chi connectivity index (χ0) is 17.5. The molecule has 2 aromatic carbocycles. The fourth-order valence-electron chi connectivity index (χ4n) is 1.83. The molecule has 0 saturated carbocycles. The zero-order valence-electron chi connectivity index (χ0n) is 12.6. The Morgan fingerprint density at radius 3 is 2.50 bits per heavy atom. The Balaban J connectivity index is 2.04. The molecule has 0 aliphatic carbocycles. The van der Waals surface area contributed by atoms with Crippen molar-refractivity contribution in [2.24, 2.45) is 5.10 Å². The summed E-state index contributed by atoms with van der Waals surface area (Å²) in [4.78, 5) is 10.7. The van der Waals surface area contributed by atoms with Crippen molar-refractivity contribution in [3.63, 3.8) is 0 Å². The van der Waals surface area contributed by atoms with Gasteiger partial charge in [-0.2, -0.15) is 13.9 Å². The number of alkyl halides is 2. The molecule has 126 valence electrons. The third kappa shape index (κ3) is 4.67. The molecule has 0 bridgehead atoms. The van der Waals surface area contributed by atoms with Crippen LogP contribution in [0.15, 0.2) is 47.6 Å². The van der Waals surface area contributed by atoms with E-state index in [1.807, 2.05) is 0 Å². The maximum atomic E-state index is 12.3. The first kappa shape index (κ1) is 17.2. The number of hydrazone groups is 1. The number of rotatable bonds is 7. The van der Waals surface area contributed by atoms with E-state index < -0.39 is 12.6 Å². The van der Waals surface area contributed by atoms with Gasteiger partial charge in [0.1, 0.15) is 0 Å². The summed E-state index contributed by atoms with van der Waals surface area (Å²) >= 11 is 0. The highest BCUT2D eigenvalue weighted by Gasteiger charge is 2.10. The fraction of sp³-hybridized carbons (Fsp3) is 0.125. The first-order chi connectivity index (χ1) is 11.5. The summed E-state index contributed by atoms with van der Waals surface area (Å²) in [5, 5.41) is 12.8. The number of carbonyl (C=O) groups is 1. The monoisotopic (exact) mass is 336 g/mol. The molecule has 2 N–H and O–H groups in total. The molecule has 0 spiro atoms. The summed E-state index contributed by atoms with van der Waals surface area (Å²) < 4.78 is 33.8. The first-order valence-electron chi connectivity index (χ1n) is 6.75. The van der Waals surface area contributed by atoms with Crippen molar-refractivity contribution in [3.8, 4) is 11.5 Å². The van der Waals surface area contributed by atoms with Crippen LogP contribution in [0.4, 0.5) is 14.5 Å². The van der Waals surface area contributed by atoms with Crippen LogP contribution in [-0.4, -0.2) is 31.0 Å². The number of carboxylic acid groups (broad SMARTS) is 1. The summed E-state index contributed by atoms with van der Waals surface area (Å²) in [6.45, 7) is -2.94. The largest absolute Gasteiger partial charge is 0.493 e. The van der Waals surface area contributed by atoms with Gasteiger partial charge in [0.05, 0.1) is 24.6 Å². The van der Waals surface area contributed by atoms with Crippen LogP contribution in [0.25, 0.3) is 0 Å². The van der Waals surface area contributed by atoms with Crippen LogP contribution in [-0.2, 0) is 0 Å². The number of benzene rings is 2. The van der Waals surface area contributed by atoms with E-state index in [0.29, 0.717) is 11.3 Å². The van der Waals surface area contributed by atoms with Crippen LogP contribution >= 0.6 is 0 Å². The van der Waals surface area contributed by atoms with Gasteiger partial charge in [0.25, 0.3) is 0 Å². The second-order valence-corrected chi connectivity index (χ2v) is 4.54. The zero-order valence-corrected chi connectivity index (χ0v) is 12.6. The van der Waals surface area contributed by atoms with Crippen LogP contribution in [0.5, 0.6) is 11.5 Å². The van der Waals surface area contributed by atoms with Crippen molar-refractivity contribution in [1.82, 2.24) is 0 Å². The van der Waals surface area contributed by atoms with E-state index in [1.54, 1.807) is 18.2 Å². The van der Waals surface area contributed by atoms with Gasteiger partial charge in [-0.25, -0.2) is 4.79 Å². The third-order valence-corrected chi connectivity index (χ3v) is 2.94. The highest BCUT2D eigenvalue weighted by atomic mass is 19.3. The Kier molecular flexibility index (Phi) is 5.67. The van der Waals surface area contributed by atoms with Crippen LogP contribution < -0.4 is 14.9 Å². The van der Waals surface area contributed by atoms with E-state index in [4.69, 9.17) is 9.84 Å². The van der Waals surface area contributed by atoms with Crippen molar-refractivity contribution in [2.45, 2.75) is 6.61 Å². The molecule has 0 unspecified atom stereocenters. The van der Waals surface area contributed by atoms with Crippen LogP contribution in [0.3, 0.4) is 0 Å². The lowest BCUT2D eigenvalue weighted by molar-refractivity contribution is -0.0512. The molecule has 2 rings (SSSR count). The van der Waals surface area contributed by atoms with Gasteiger partial charge in [0, 0.05) is 0 Å². The SMILES string of the molecule is COc1cc(C=NNc2ccc(C(=O)O)cc2)ccc1OC(F)F. The molecule has 24 heavy (non-hydrogen) atoms. The number of methoxy groups -OCH3 is 1. The van der Waals surface area contributed by atoms with E-state index in [0.717, 1.165) is 0 Å². The molecule has 0 fully saturated rings. The topological polar surface area (TPSA) is 80.2 Å². The second-order valence-electron chi connectivity index (χ2n) is 4.54. The summed E-state index contributed by atoms with van der Waals surface area (Å²) in [6.07, 6.45) is 1.46. The maximum absolute atomic E-state index is 12.3. The van der Waals surface area contributed by atoms with Crippen molar-refractivity contribution in [2.75, 3.05) is 12.5 Å². The summed E-state index contributed by atoms with van der Waals surface area (Å²) in [7, 11) is 1.34. The molecular weight excluding hydrogens is 322 g/mol. The van der Waals surface area contributed by atoms with Gasteiger partial charge < -0.3 is 14.6 Å². The summed E-state index contributed by atoms with van der Waals surface area (Å²) in [5.74, 6) is -0.921. The Bertz CT molecular complexity index is 733. The fourth-order valence-corrected chi connectivity index (χ4v) is 1.83. The van der Waals surface area contributed by atoms with Gasteiger partial charge in [-0.15, -0.1) is 0 Å². The average molecular weight is 336 g/mol. The minimum atomic E-state index is -2.94. The molecule has 0 aromatic heterocycles. The smallest absolute Gasteiger partial charge is 0.387 e. The van der Waals surface area contributed by atoms with E-state index in [-0.39, 0.29) is 17.1 Å². The third-order valence-electron chi connectivity index (χ3n) is 2.94. The van der Waals surface area contributed by atoms with Gasteiger partial charge in [-0.3, -0.25) is 5.43 Å². The quantitative estimate of drug-likeness (QED) is 0.598. The van der Waals surface area contributed by atoms with Crippen molar-refractivity contribution < 1.29 is 28.2 Å². The molecule has 0 amide bonds. The van der Waals surface area contributed by atoms with E-state index in [1.165, 1.54) is 37.6 Å². The van der Waals surface area contributed by atoms with E-state index in [9.17, 15) is 13.6 Å². The lowest BCUT2D eigenvalue weighted by Crippen LogP contribution is -2.03. The number of anilines is 1. The van der Waals surface area contributed by atoms with Gasteiger partial charge in [-0.05, 0) is 48.0 Å². The molecule has 0 atom stereocenters. The molecule has 6 nitrogen and oxygen atoms in total. The highest BCUT2D eigenvalue weighted by molar-refractivity contribution is 5.88. The number of nitrogens with one attached hydrogen (secondary N) is 1. The summed E-state index contributed by atoms with van der Waals surface area (Å²) in [6, 6.07) is 10.4. The van der Waals surface area contributed by atoms with Gasteiger partial charge in [0.2, 0.25) is 0 Å². The van der Waals surface area contributed by atoms with Crippen LogP contribution in [0.1, 0.15) is 15.9 Å². The van der Waals surface area contributed by atoms with Gasteiger partial charge in [0.15, 0.2) is 11.5 Å². The lowest BCUT2D eigenvalue weighted by atomic mass is 10.2. The number of nitrogens with zero attached hydrogens (tertiary/aromatic N) is 1. The molecular formula is C16H14F2N2O4. The molecule has 0 aliphatic rings. The standard InChI is InChI=1S/C16H14F2N2O4/c1-23-14-8-10(2-7-13(14)24-16(17)18)9-19-20-12-5-3-11(4-6-12)15(21)22/h2-9,16,20H,1H3,(H,21,22). The second kappa shape index (κ2) is 7.91. The Morgan fingerprint density at radius 2 is 1.92 bits per heavy atom. The van der Waals surface area contributed by atoms with Crippen molar-refractivity contribution >= 4 is 17.9 Å². The number of ether oxygens (including phenoxy) is 2. The molecule has 0 heterocycles. The molecule has 8 heteroatoms. The van der Waals surface area contributed by atoms with Crippen molar-refractivity contribution in [3.05, 3.63) is 53.6 Å². The van der Waals surface area contributed by atoms with Crippen LogP contribution in [0, 0.1) is 0 Å². The molecule has 0 aliphatic heterocycles. The number of halogens is 2. The van der Waals surface area contributed by atoms with Gasteiger partial charge in [-0.1, -0.05) is 0 Å². The van der Waals surface area contributed by atoms with Crippen LogP contribution in [0.2, 0.25) is 0 Å². The predicted octanol–water partition coefficient (Wildman–Crippen LogP) is 3.44. The normalized spacial score (nSPS) is 10.8. The minimum Gasteiger partial charge on any atom is -0.493 e. The number of hydrogen-bond donors (Lipinski definition) is 2. The average Bonchev–Trinajstić information content (AvgIpc) is 2.56. The van der Waals surface area contributed by atoms with E-state index >= 15 is 0 Å². The molecule has 0 saturated heterocycles.